The van der Waals surface area contributed by atoms with Crippen molar-refractivity contribution in [2.24, 2.45) is 0 Å². The normalized spacial score (nSPS) is 24.6. The van der Waals surface area contributed by atoms with E-state index >= 15 is 0 Å². The molecule has 0 saturated heterocycles. The minimum absolute atomic E-state index is 0.348. The third kappa shape index (κ3) is 2.00. The second-order valence-electron chi connectivity index (χ2n) is 4.02. The third-order valence-corrected chi connectivity index (χ3v) is 2.63. The molecular weight excluding hydrogens is 208 g/mol. The topological polar surface area (TPSA) is 81.6 Å². The number of carboxylic acid groups (broad SMARTS) is 1. The summed E-state index contributed by atoms with van der Waals surface area (Å²) >= 11 is 0. The summed E-state index contributed by atoms with van der Waals surface area (Å²) in [5.74, 6) is -2.37. The zero-order valence-electron chi connectivity index (χ0n) is 8.90. The third-order valence-electron chi connectivity index (χ3n) is 2.63. The fourth-order valence-electron chi connectivity index (χ4n) is 1.85. The van der Waals surface area contributed by atoms with Crippen LogP contribution in [-0.2, 0) is 11.2 Å². The summed E-state index contributed by atoms with van der Waals surface area (Å²) in [5, 5.41) is 24.4. The van der Waals surface area contributed by atoms with Crippen LogP contribution in [-0.4, -0.2) is 28.1 Å². The summed E-state index contributed by atoms with van der Waals surface area (Å²) in [6, 6.07) is 6.67. The van der Waals surface area contributed by atoms with Gasteiger partial charge in [-0.05, 0) is 18.6 Å². The number of rotatable bonds is 3. The fraction of sp³-hybridized carbons (Fsp3) is 0.364. The van der Waals surface area contributed by atoms with Crippen LogP contribution in [0.4, 0.5) is 5.69 Å². The van der Waals surface area contributed by atoms with Crippen molar-refractivity contribution in [2.75, 3.05) is 5.32 Å². The van der Waals surface area contributed by atoms with Gasteiger partial charge >= 0.3 is 5.97 Å². The lowest BCUT2D eigenvalue weighted by molar-refractivity contribution is -0.141. The van der Waals surface area contributed by atoms with E-state index in [1.165, 1.54) is 6.92 Å². The number of hydrogen-bond donors (Lipinski definition) is 4. The molecule has 0 saturated carbocycles. The predicted octanol–water partition coefficient (Wildman–Crippen LogP) is 0.363. The molecule has 0 amide bonds. The molecule has 5 heteroatoms. The standard InChI is InChI=1S/C11H14N2O3/c1-7(10(14)15)12-11(16)6-8-4-2-3-5-9(8)13-11/h2-5,7,12-13,16H,6H2,1H3,(H,14,15)/t7-,11?/m0/s1. The monoisotopic (exact) mass is 222 g/mol. The van der Waals surface area contributed by atoms with E-state index in [1.807, 2.05) is 24.3 Å². The number of carbonyl (C=O) groups is 1. The van der Waals surface area contributed by atoms with Crippen LogP contribution in [0.2, 0.25) is 0 Å². The van der Waals surface area contributed by atoms with Gasteiger partial charge in [0.2, 0.25) is 0 Å². The SMILES string of the molecule is C[C@H](NC1(O)Cc2ccccc2N1)C(=O)O. The molecule has 1 aliphatic rings. The average molecular weight is 222 g/mol. The molecule has 0 radical (unpaired) electrons. The van der Waals surface area contributed by atoms with Crippen LogP contribution in [0.15, 0.2) is 24.3 Å². The molecule has 2 rings (SSSR count). The van der Waals surface area contributed by atoms with Crippen LogP contribution in [0.1, 0.15) is 12.5 Å². The molecule has 0 bridgehead atoms. The van der Waals surface area contributed by atoms with Gasteiger partial charge in [0.05, 0.1) is 0 Å². The van der Waals surface area contributed by atoms with Gasteiger partial charge in [0.15, 0.2) is 5.85 Å². The lowest BCUT2D eigenvalue weighted by Gasteiger charge is -2.27. The molecule has 86 valence electrons. The number of para-hydroxylation sites is 1. The highest BCUT2D eigenvalue weighted by atomic mass is 16.4. The van der Waals surface area contributed by atoms with E-state index in [-0.39, 0.29) is 0 Å². The van der Waals surface area contributed by atoms with Crippen LogP contribution in [0, 0.1) is 0 Å². The smallest absolute Gasteiger partial charge is 0.320 e. The number of nitrogens with one attached hydrogen (secondary N) is 2. The van der Waals surface area contributed by atoms with Crippen molar-refractivity contribution < 1.29 is 15.0 Å². The number of aliphatic carboxylic acids is 1. The number of aliphatic hydroxyl groups is 1. The van der Waals surface area contributed by atoms with Crippen LogP contribution in [0.25, 0.3) is 0 Å². The van der Waals surface area contributed by atoms with Gasteiger partial charge in [0.1, 0.15) is 6.04 Å². The summed E-state index contributed by atoms with van der Waals surface area (Å²) in [6.45, 7) is 1.49. The van der Waals surface area contributed by atoms with Gasteiger partial charge < -0.3 is 15.5 Å². The molecule has 4 N–H and O–H groups in total. The lowest BCUT2D eigenvalue weighted by Crippen LogP contribution is -2.56. The maximum absolute atomic E-state index is 10.7. The van der Waals surface area contributed by atoms with E-state index in [1.54, 1.807) is 0 Å². The summed E-state index contributed by atoms with van der Waals surface area (Å²) in [6.07, 6.45) is 0.348. The Balaban J connectivity index is 2.11. The Hall–Kier alpha value is -1.59. The number of benzene rings is 1. The highest BCUT2D eigenvalue weighted by Crippen LogP contribution is 2.29. The first kappa shape index (κ1) is 10.9. The van der Waals surface area contributed by atoms with Gasteiger partial charge in [-0.25, -0.2) is 0 Å². The number of anilines is 1. The van der Waals surface area contributed by atoms with Gasteiger partial charge in [-0.15, -0.1) is 0 Å². The Morgan fingerprint density at radius 1 is 1.56 bits per heavy atom. The summed E-state index contributed by atoms with van der Waals surface area (Å²) < 4.78 is 0. The molecule has 1 aliphatic heterocycles. The largest absolute Gasteiger partial charge is 0.480 e. The van der Waals surface area contributed by atoms with Gasteiger partial charge in [0, 0.05) is 12.1 Å². The molecule has 0 aromatic heterocycles. The minimum atomic E-state index is -1.37. The van der Waals surface area contributed by atoms with Crippen molar-refractivity contribution in [3.8, 4) is 0 Å². The second kappa shape index (κ2) is 3.77. The number of fused-ring (bicyclic) bond motifs is 1. The first-order valence-electron chi connectivity index (χ1n) is 5.09. The fourth-order valence-corrected chi connectivity index (χ4v) is 1.85. The molecule has 16 heavy (non-hydrogen) atoms. The van der Waals surface area contributed by atoms with Crippen LogP contribution >= 0.6 is 0 Å². The maximum atomic E-state index is 10.7. The van der Waals surface area contributed by atoms with Crippen LogP contribution in [0.5, 0.6) is 0 Å². The second-order valence-corrected chi connectivity index (χ2v) is 4.02. The van der Waals surface area contributed by atoms with Crippen molar-refractivity contribution >= 4 is 11.7 Å². The van der Waals surface area contributed by atoms with Crippen molar-refractivity contribution in [2.45, 2.75) is 25.2 Å². The molecule has 1 aromatic rings. The molecule has 0 fully saturated rings. The zero-order valence-corrected chi connectivity index (χ0v) is 8.90. The van der Waals surface area contributed by atoms with Crippen molar-refractivity contribution in [1.82, 2.24) is 5.32 Å². The number of hydrogen-bond acceptors (Lipinski definition) is 4. The molecule has 1 aromatic carbocycles. The molecule has 2 atom stereocenters. The quantitative estimate of drug-likeness (QED) is 0.555. The van der Waals surface area contributed by atoms with Crippen molar-refractivity contribution in [3.05, 3.63) is 29.8 Å². The molecule has 1 unspecified atom stereocenters. The molecule has 0 spiro atoms. The van der Waals surface area contributed by atoms with E-state index in [0.29, 0.717) is 6.42 Å². The lowest BCUT2D eigenvalue weighted by atomic mass is 10.1. The minimum Gasteiger partial charge on any atom is -0.480 e. The van der Waals surface area contributed by atoms with E-state index in [0.717, 1.165) is 11.3 Å². The Labute approximate surface area is 93.1 Å². The Morgan fingerprint density at radius 2 is 2.25 bits per heavy atom. The predicted molar refractivity (Wildman–Crippen MR) is 59.0 cm³/mol. The Morgan fingerprint density at radius 3 is 2.88 bits per heavy atom. The highest BCUT2D eigenvalue weighted by Gasteiger charge is 2.36. The highest BCUT2D eigenvalue weighted by molar-refractivity contribution is 5.73. The summed E-state index contributed by atoms with van der Waals surface area (Å²) in [7, 11) is 0. The van der Waals surface area contributed by atoms with Gasteiger partial charge in [0.25, 0.3) is 0 Å². The molecular formula is C11H14N2O3. The van der Waals surface area contributed by atoms with E-state index in [2.05, 4.69) is 10.6 Å². The van der Waals surface area contributed by atoms with Gasteiger partial charge in [-0.3, -0.25) is 10.1 Å². The Kier molecular flexibility index (Phi) is 2.57. The first-order chi connectivity index (χ1) is 7.50. The summed E-state index contributed by atoms with van der Waals surface area (Å²) in [5.41, 5.74) is 1.80. The average Bonchev–Trinajstić information content (AvgIpc) is 2.53. The van der Waals surface area contributed by atoms with E-state index < -0.39 is 17.9 Å². The first-order valence-corrected chi connectivity index (χ1v) is 5.09. The molecule has 1 heterocycles. The Bertz CT molecular complexity index is 394. The molecule has 0 aliphatic carbocycles. The van der Waals surface area contributed by atoms with Crippen molar-refractivity contribution in [1.29, 1.82) is 0 Å². The molecule has 5 nitrogen and oxygen atoms in total. The zero-order chi connectivity index (χ0) is 11.8. The van der Waals surface area contributed by atoms with Crippen molar-refractivity contribution in [3.63, 3.8) is 0 Å². The maximum Gasteiger partial charge on any atom is 0.320 e. The van der Waals surface area contributed by atoms with E-state index in [9.17, 15) is 9.90 Å². The van der Waals surface area contributed by atoms with E-state index in [4.69, 9.17) is 5.11 Å². The van der Waals surface area contributed by atoms with Crippen LogP contribution < -0.4 is 10.6 Å². The number of carboxylic acids is 1. The van der Waals surface area contributed by atoms with Gasteiger partial charge in [-0.2, -0.15) is 0 Å². The summed E-state index contributed by atoms with van der Waals surface area (Å²) in [4.78, 5) is 10.7. The van der Waals surface area contributed by atoms with Crippen LogP contribution in [0.3, 0.4) is 0 Å². The van der Waals surface area contributed by atoms with Gasteiger partial charge in [-0.1, -0.05) is 18.2 Å².